The summed E-state index contributed by atoms with van der Waals surface area (Å²) in [5, 5.41) is 10.9. The Morgan fingerprint density at radius 3 is 2.24 bits per heavy atom. The van der Waals surface area contributed by atoms with Crippen molar-refractivity contribution in [1.82, 2.24) is 10.1 Å². The van der Waals surface area contributed by atoms with Crippen molar-refractivity contribution in [2.45, 2.75) is 12.3 Å². The zero-order valence-corrected chi connectivity index (χ0v) is 22.4. The van der Waals surface area contributed by atoms with Crippen LogP contribution in [0.3, 0.4) is 0 Å². The van der Waals surface area contributed by atoms with Crippen molar-refractivity contribution >= 4 is 61.3 Å². The molecule has 162 valence electrons. The molecule has 0 aliphatic rings. The van der Waals surface area contributed by atoms with Crippen LogP contribution in [0.1, 0.15) is 11.1 Å². The zero-order chi connectivity index (χ0) is 22.4. The third-order valence-corrected chi connectivity index (χ3v) is 9.31. The summed E-state index contributed by atoms with van der Waals surface area (Å²) in [6.07, 6.45) is 1.74. The fraction of sp³-hybridized carbons (Fsp3) is 0.0741. The first-order valence-corrected chi connectivity index (χ1v) is 14.0. The van der Waals surface area contributed by atoms with Gasteiger partial charge in [-0.25, -0.2) is 0 Å². The summed E-state index contributed by atoms with van der Waals surface area (Å²) in [5.41, 5.74) is 2.74. The maximum absolute atomic E-state index is 12.8. The van der Waals surface area contributed by atoms with Gasteiger partial charge in [0.15, 0.2) is 0 Å². The molecular formula is C27H20N2NaO2PS. The van der Waals surface area contributed by atoms with Gasteiger partial charge in [-0.15, -0.1) is 0 Å². The van der Waals surface area contributed by atoms with E-state index < -0.39 is 6.72 Å². The first-order valence-electron chi connectivity index (χ1n) is 10.8. The zero-order valence-electron chi connectivity index (χ0n) is 18.7. The first kappa shape index (κ1) is 23.8. The normalized spacial score (nSPS) is 13.4. The van der Waals surface area contributed by atoms with Gasteiger partial charge in [0.1, 0.15) is 6.72 Å². The van der Waals surface area contributed by atoms with Gasteiger partial charge in [-0.3, -0.25) is 10.1 Å². The summed E-state index contributed by atoms with van der Waals surface area (Å²) in [4.78, 5) is 17.3. The minimum atomic E-state index is -3.86. The average molecular weight is 491 g/mol. The second-order valence-corrected chi connectivity index (χ2v) is 12.3. The van der Waals surface area contributed by atoms with Crippen molar-refractivity contribution in [3.63, 3.8) is 0 Å². The van der Waals surface area contributed by atoms with Gasteiger partial charge >= 0.3 is 29.6 Å². The first-order chi connectivity index (χ1) is 16.1. The molecule has 1 atom stereocenters. The minimum Gasteiger partial charge on any atom is -0.780 e. The van der Waals surface area contributed by atoms with Gasteiger partial charge in [0.05, 0.1) is 5.52 Å². The van der Waals surface area contributed by atoms with Crippen molar-refractivity contribution in [1.29, 1.82) is 0 Å². The molecule has 1 N–H and O–H groups in total. The molecule has 0 saturated carbocycles. The van der Waals surface area contributed by atoms with E-state index in [0.717, 1.165) is 38.8 Å². The topological polar surface area (TPSA) is 65.0 Å². The van der Waals surface area contributed by atoms with Crippen LogP contribution >= 0.6 is 18.1 Å². The molecule has 1 unspecified atom stereocenters. The van der Waals surface area contributed by atoms with Gasteiger partial charge in [0.25, 0.3) is 0 Å². The molecule has 5 aromatic carbocycles. The van der Waals surface area contributed by atoms with Crippen LogP contribution < -0.4 is 39.5 Å². The molecule has 7 heteroatoms. The number of nitrogens with one attached hydrogen (secondary N) is 1. The standard InChI is InChI=1S/C27H21N2O2PS.Na/c30-32(31,33-17-23-7-2-6-21-8-3-15-28-27(21)23)29-16-22-12-11-20-10-9-18-4-1-5-19-13-14-24(22)26(20)25(18)19;/h1-15H,16-17H2,(H2,29,30,31);/q;+1/p-1. The third-order valence-electron chi connectivity index (χ3n) is 6.19. The van der Waals surface area contributed by atoms with Crippen molar-refractivity contribution < 1.29 is 39.0 Å². The van der Waals surface area contributed by atoms with E-state index in [-0.39, 0.29) is 36.1 Å². The molecule has 0 saturated heterocycles. The number of pyridine rings is 1. The Hall–Kier alpha value is -1.95. The predicted octanol–water partition coefficient (Wildman–Crippen LogP) is 3.63. The fourth-order valence-corrected chi connectivity index (χ4v) is 7.01. The largest absolute Gasteiger partial charge is 1.00 e. The predicted molar refractivity (Wildman–Crippen MR) is 138 cm³/mol. The molecule has 0 radical (unpaired) electrons. The van der Waals surface area contributed by atoms with Crippen molar-refractivity contribution in [2.75, 3.05) is 0 Å². The van der Waals surface area contributed by atoms with Crippen LogP contribution in [0, 0.1) is 0 Å². The Bertz CT molecular complexity index is 1670. The van der Waals surface area contributed by atoms with E-state index in [1.807, 2.05) is 36.4 Å². The summed E-state index contributed by atoms with van der Waals surface area (Å²) < 4.78 is 12.8. The van der Waals surface area contributed by atoms with Gasteiger partial charge in [0, 0.05) is 23.9 Å². The number of benzene rings is 5. The monoisotopic (exact) mass is 490 g/mol. The number of hydrogen-bond acceptors (Lipinski definition) is 4. The van der Waals surface area contributed by atoms with Crippen LogP contribution in [0.25, 0.3) is 43.2 Å². The summed E-state index contributed by atoms with van der Waals surface area (Å²) in [5.74, 6) is 0.348. The molecule has 0 aliphatic heterocycles. The van der Waals surface area contributed by atoms with Gasteiger partial charge in [-0.1, -0.05) is 90.2 Å². The summed E-state index contributed by atoms with van der Waals surface area (Å²) >= 11 is 0.928. The van der Waals surface area contributed by atoms with Crippen LogP contribution in [-0.4, -0.2) is 4.98 Å². The number of para-hydroxylation sites is 1. The SMILES string of the molecule is O=P([O-])(NCc1ccc2ccc3cccc4ccc1c2c34)SCc1cccc2cccnc12.[Na+]. The molecule has 1 aromatic heterocycles. The Morgan fingerprint density at radius 2 is 1.41 bits per heavy atom. The summed E-state index contributed by atoms with van der Waals surface area (Å²) in [7, 11) is 0. The van der Waals surface area contributed by atoms with E-state index in [1.165, 1.54) is 26.9 Å². The maximum atomic E-state index is 12.8. The molecule has 0 aliphatic carbocycles. The number of fused-ring (bicyclic) bond motifs is 1. The second-order valence-electron chi connectivity index (χ2n) is 8.18. The molecule has 6 aromatic rings. The molecule has 0 spiro atoms. The van der Waals surface area contributed by atoms with Crippen molar-refractivity contribution in [3.8, 4) is 0 Å². The van der Waals surface area contributed by atoms with Gasteiger partial charge < -0.3 is 9.46 Å². The number of nitrogens with zero attached hydrogens (tertiary/aromatic N) is 1. The smallest absolute Gasteiger partial charge is 0.780 e. The minimum absolute atomic E-state index is 0. The van der Waals surface area contributed by atoms with Crippen LogP contribution in [-0.2, 0) is 16.9 Å². The van der Waals surface area contributed by atoms with Crippen LogP contribution in [0.2, 0.25) is 0 Å². The van der Waals surface area contributed by atoms with Crippen molar-refractivity contribution in [2.24, 2.45) is 0 Å². The van der Waals surface area contributed by atoms with E-state index >= 15 is 0 Å². The Morgan fingerprint density at radius 1 is 0.765 bits per heavy atom. The van der Waals surface area contributed by atoms with Gasteiger partial charge in [0.2, 0.25) is 0 Å². The fourth-order valence-electron chi connectivity index (χ4n) is 4.62. The van der Waals surface area contributed by atoms with E-state index in [9.17, 15) is 9.46 Å². The molecule has 0 fully saturated rings. The van der Waals surface area contributed by atoms with Crippen LogP contribution in [0.4, 0.5) is 0 Å². The molecule has 4 nitrogen and oxygen atoms in total. The molecule has 1 heterocycles. The molecule has 34 heavy (non-hydrogen) atoms. The molecular weight excluding hydrogens is 470 g/mol. The van der Waals surface area contributed by atoms with Crippen LogP contribution in [0.15, 0.2) is 91.1 Å². The van der Waals surface area contributed by atoms with E-state index in [2.05, 4.69) is 58.6 Å². The molecule has 6 rings (SSSR count). The molecule has 0 amide bonds. The molecule has 0 bridgehead atoms. The van der Waals surface area contributed by atoms with E-state index in [1.54, 1.807) is 6.20 Å². The summed E-state index contributed by atoms with van der Waals surface area (Å²) in [6.45, 7) is -3.60. The van der Waals surface area contributed by atoms with Gasteiger partial charge in [-0.2, -0.15) is 0 Å². The second kappa shape index (κ2) is 9.60. The Kier molecular flexibility index (Phi) is 6.71. The average Bonchev–Trinajstić information content (AvgIpc) is 2.85. The van der Waals surface area contributed by atoms with Crippen molar-refractivity contribution in [3.05, 3.63) is 102 Å². The Labute approximate surface area is 223 Å². The van der Waals surface area contributed by atoms with Gasteiger partial charge in [-0.05, 0) is 49.5 Å². The maximum Gasteiger partial charge on any atom is 1.00 e. The van der Waals surface area contributed by atoms with E-state index in [4.69, 9.17) is 0 Å². The number of rotatable bonds is 6. The Balaban J connectivity index is 0.00000241. The van der Waals surface area contributed by atoms with Crippen LogP contribution in [0.5, 0.6) is 0 Å². The number of aromatic nitrogens is 1. The quantitative estimate of drug-likeness (QED) is 0.220. The van der Waals surface area contributed by atoms with E-state index in [0.29, 0.717) is 5.75 Å². The number of hydrogen-bond donors (Lipinski definition) is 1. The third kappa shape index (κ3) is 4.38. The summed E-state index contributed by atoms with van der Waals surface area (Å²) in [6, 6.07) is 28.6.